The smallest absolute Gasteiger partial charge is 0.243 e. The van der Waals surface area contributed by atoms with E-state index in [1.165, 1.54) is 10.4 Å². The van der Waals surface area contributed by atoms with Gasteiger partial charge in [0.25, 0.3) is 0 Å². The number of sulfonamides is 1. The summed E-state index contributed by atoms with van der Waals surface area (Å²) in [7, 11) is -3.53. The predicted molar refractivity (Wildman–Crippen MR) is 79.9 cm³/mol. The lowest BCUT2D eigenvalue weighted by molar-refractivity contribution is 0.409. The molecule has 1 aromatic rings. The van der Waals surface area contributed by atoms with Crippen molar-refractivity contribution in [2.24, 2.45) is 0 Å². The fourth-order valence-electron chi connectivity index (χ4n) is 1.93. The number of anilines is 1. The molecule has 0 aromatic heterocycles. The molecule has 1 aromatic carbocycles. The summed E-state index contributed by atoms with van der Waals surface area (Å²) < 4.78 is 26.8. The summed E-state index contributed by atoms with van der Waals surface area (Å²) in [5.41, 5.74) is 6.76. The minimum Gasteiger partial charge on any atom is -0.398 e. The zero-order chi connectivity index (χ0) is 14.6. The van der Waals surface area contributed by atoms with Crippen LogP contribution in [0.2, 0.25) is 5.02 Å². The Hall–Kier alpha value is -0.780. The van der Waals surface area contributed by atoms with Crippen LogP contribution in [0.1, 0.15) is 32.3 Å². The molecule has 0 saturated carbocycles. The van der Waals surface area contributed by atoms with Crippen molar-refractivity contribution in [1.29, 1.82) is 0 Å². The number of hydrogen-bond acceptors (Lipinski definition) is 3. The maximum atomic E-state index is 12.6. The van der Waals surface area contributed by atoms with Crippen LogP contribution in [0, 0.1) is 6.92 Å². The number of nitrogens with zero attached hydrogens (tertiary/aromatic N) is 1. The van der Waals surface area contributed by atoms with Crippen LogP contribution in [0.25, 0.3) is 0 Å². The van der Waals surface area contributed by atoms with Gasteiger partial charge < -0.3 is 5.73 Å². The lowest BCUT2D eigenvalue weighted by Crippen LogP contribution is -2.33. The van der Waals surface area contributed by atoms with E-state index in [2.05, 4.69) is 0 Å². The summed E-state index contributed by atoms with van der Waals surface area (Å²) in [4.78, 5) is 0.208. The van der Waals surface area contributed by atoms with E-state index in [1.807, 2.05) is 13.8 Å². The molecular formula is C13H21ClN2O2S. The molecule has 0 aliphatic carbocycles. The van der Waals surface area contributed by atoms with Gasteiger partial charge in [-0.3, -0.25) is 0 Å². The van der Waals surface area contributed by atoms with Crippen molar-refractivity contribution in [3.63, 3.8) is 0 Å². The Balaban J connectivity index is 3.32. The van der Waals surface area contributed by atoms with Crippen LogP contribution in [0.15, 0.2) is 17.0 Å². The second kappa shape index (κ2) is 6.59. The Morgan fingerprint density at radius 2 is 1.74 bits per heavy atom. The van der Waals surface area contributed by atoms with Gasteiger partial charge in [0.1, 0.15) is 0 Å². The Bertz CT molecular complexity index is 538. The topological polar surface area (TPSA) is 63.4 Å². The van der Waals surface area contributed by atoms with Crippen molar-refractivity contribution in [3.05, 3.63) is 22.7 Å². The largest absolute Gasteiger partial charge is 0.398 e. The molecule has 19 heavy (non-hydrogen) atoms. The monoisotopic (exact) mass is 304 g/mol. The third kappa shape index (κ3) is 3.61. The van der Waals surface area contributed by atoms with Crippen LogP contribution in [-0.2, 0) is 10.0 Å². The number of hydrogen-bond donors (Lipinski definition) is 1. The Kier molecular flexibility index (Phi) is 5.64. The molecule has 1 rings (SSSR count). The molecule has 0 heterocycles. The van der Waals surface area contributed by atoms with Crippen molar-refractivity contribution in [2.75, 3.05) is 18.8 Å². The van der Waals surface area contributed by atoms with E-state index in [0.717, 1.165) is 12.8 Å². The molecule has 0 spiro atoms. The van der Waals surface area contributed by atoms with E-state index in [0.29, 0.717) is 29.4 Å². The van der Waals surface area contributed by atoms with Gasteiger partial charge in [0.2, 0.25) is 10.0 Å². The minimum atomic E-state index is -3.53. The van der Waals surface area contributed by atoms with Gasteiger partial charge >= 0.3 is 0 Å². The molecule has 0 unspecified atom stereocenters. The molecule has 0 radical (unpaired) electrons. The lowest BCUT2D eigenvalue weighted by atomic mass is 10.2. The second-order valence-electron chi connectivity index (χ2n) is 4.52. The Labute approximate surface area is 120 Å². The van der Waals surface area contributed by atoms with Crippen LogP contribution >= 0.6 is 11.6 Å². The molecule has 108 valence electrons. The lowest BCUT2D eigenvalue weighted by Gasteiger charge is -2.22. The second-order valence-corrected chi connectivity index (χ2v) is 6.87. The first-order valence-corrected chi connectivity index (χ1v) is 8.22. The van der Waals surface area contributed by atoms with Crippen LogP contribution in [0.4, 0.5) is 5.69 Å². The first-order chi connectivity index (χ1) is 8.84. The molecule has 0 saturated heterocycles. The van der Waals surface area contributed by atoms with E-state index < -0.39 is 10.0 Å². The molecule has 0 amide bonds. The third-order valence-electron chi connectivity index (χ3n) is 2.93. The first kappa shape index (κ1) is 16.3. The van der Waals surface area contributed by atoms with Gasteiger partial charge in [0, 0.05) is 23.8 Å². The molecular weight excluding hydrogens is 284 g/mol. The fourth-order valence-corrected chi connectivity index (χ4v) is 4.13. The zero-order valence-corrected chi connectivity index (χ0v) is 13.2. The van der Waals surface area contributed by atoms with Crippen LogP contribution in [0.5, 0.6) is 0 Å². The quantitative estimate of drug-likeness (QED) is 0.822. The summed E-state index contributed by atoms with van der Waals surface area (Å²) in [5.74, 6) is 0. The molecule has 0 aliphatic heterocycles. The van der Waals surface area contributed by atoms with Crippen molar-refractivity contribution in [3.8, 4) is 0 Å². The van der Waals surface area contributed by atoms with Gasteiger partial charge in [-0.2, -0.15) is 4.31 Å². The maximum Gasteiger partial charge on any atom is 0.243 e. The highest BCUT2D eigenvalue weighted by atomic mass is 35.5. The summed E-state index contributed by atoms with van der Waals surface area (Å²) in [6, 6.07) is 3.04. The SMILES string of the molecule is CCCN(CCC)S(=O)(=O)c1cc(Cl)cc(N)c1C. The Morgan fingerprint density at radius 3 is 2.21 bits per heavy atom. The summed E-state index contributed by atoms with van der Waals surface area (Å²) in [6.07, 6.45) is 1.54. The molecule has 0 bridgehead atoms. The molecule has 2 N–H and O–H groups in total. The average molecular weight is 305 g/mol. The van der Waals surface area contributed by atoms with Gasteiger partial charge in [0.05, 0.1) is 4.90 Å². The van der Waals surface area contributed by atoms with Crippen molar-refractivity contribution in [1.82, 2.24) is 4.31 Å². The van der Waals surface area contributed by atoms with Gasteiger partial charge in [0.15, 0.2) is 0 Å². The standard InChI is InChI=1S/C13H21ClN2O2S/c1-4-6-16(7-5-2)19(17,18)13-9-11(14)8-12(15)10(13)3/h8-9H,4-7,15H2,1-3H3. The summed E-state index contributed by atoms with van der Waals surface area (Å²) >= 11 is 5.92. The summed E-state index contributed by atoms with van der Waals surface area (Å²) in [5, 5.41) is 0.342. The average Bonchev–Trinajstić information content (AvgIpc) is 2.33. The van der Waals surface area contributed by atoms with E-state index in [1.54, 1.807) is 13.0 Å². The number of nitrogens with two attached hydrogens (primary N) is 1. The predicted octanol–water partition coefficient (Wildman–Crippen LogP) is 3.04. The number of halogens is 1. The summed E-state index contributed by atoms with van der Waals surface area (Å²) in [6.45, 7) is 6.62. The van der Waals surface area contributed by atoms with Gasteiger partial charge in [-0.1, -0.05) is 25.4 Å². The first-order valence-electron chi connectivity index (χ1n) is 6.40. The van der Waals surface area contributed by atoms with Crippen molar-refractivity contribution >= 4 is 27.3 Å². The number of benzene rings is 1. The highest BCUT2D eigenvalue weighted by Gasteiger charge is 2.26. The fraction of sp³-hybridized carbons (Fsp3) is 0.538. The third-order valence-corrected chi connectivity index (χ3v) is 5.17. The van der Waals surface area contributed by atoms with E-state index in [4.69, 9.17) is 17.3 Å². The van der Waals surface area contributed by atoms with E-state index in [-0.39, 0.29) is 4.90 Å². The van der Waals surface area contributed by atoms with Crippen LogP contribution < -0.4 is 5.73 Å². The van der Waals surface area contributed by atoms with Crippen LogP contribution in [-0.4, -0.2) is 25.8 Å². The zero-order valence-electron chi connectivity index (χ0n) is 11.6. The molecule has 0 fully saturated rings. The van der Waals surface area contributed by atoms with Crippen LogP contribution in [0.3, 0.4) is 0 Å². The number of nitrogen functional groups attached to an aromatic ring is 1. The van der Waals surface area contributed by atoms with Gasteiger partial charge in [-0.25, -0.2) is 8.42 Å². The van der Waals surface area contributed by atoms with Crippen molar-refractivity contribution < 1.29 is 8.42 Å². The molecule has 0 aliphatic rings. The van der Waals surface area contributed by atoms with Crippen molar-refractivity contribution in [2.45, 2.75) is 38.5 Å². The highest BCUT2D eigenvalue weighted by molar-refractivity contribution is 7.89. The maximum absolute atomic E-state index is 12.6. The Morgan fingerprint density at radius 1 is 1.21 bits per heavy atom. The van der Waals surface area contributed by atoms with E-state index >= 15 is 0 Å². The van der Waals surface area contributed by atoms with E-state index in [9.17, 15) is 8.42 Å². The normalized spacial score (nSPS) is 12.1. The minimum absolute atomic E-state index is 0.208. The number of rotatable bonds is 6. The molecule has 4 nitrogen and oxygen atoms in total. The molecule has 6 heteroatoms. The van der Waals surface area contributed by atoms with Gasteiger partial charge in [-0.15, -0.1) is 0 Å². The molecule has 0 atom stereocenters. The van der Waals surface area contributed by atoms with Gasteiger partial charge in [-0.05, 0) is 37.5 Å². The highest BCUT2D eigenvalue weighted by Crippen LogP contribution is 2.28.